The molecule has 2 atom stereocenters. The Hall–Kier alpha value is -1.91. The SMILES string of the molecule is C=C[C@@H](c1ccc(Br)cc1)[C@@](N)(C(=O)OC(C)(C)C)c1ccccc1. The Morgan fingerprint density at radius 1 is 1.12 bits per heavy atom. The molecule has 0 unspecified atom stereocenters. The first-order chi connectivity index (χ1) is 11.7. The van der Waals surface area contributed by atoms with Gasteiger partial charge in [0.2, 0.25) is 0 Å². The van der Waals surface area contributed by atoms with Crippen LogP contribution in [0.1, 0.15) is 37.8 Å². The maximum absolute atomic E-state index is 13.1. The van der Waals surface area contributed by atoms with Crippen LogP contribution in [0.3, 0.4) is 0 Å². The molecule has 2 rings (SSSR count). The average Bonchev–Trinajstić information content (AvgIpc) is 2.56. The second kappa shape index (κ2) is 7.54. The predicted molar refractivity (Wildman–Crippen MR) is 105 cm³/mol. The fourth-order valence-corrected chi connectivity index (χ4v) is 3.02. The summed E-state index contributed by atoms with van der Waals surface area (Å²) in [4.78, 5) is 13.1. The third-order valence-corrected chi connectivity index (χ3v) is 4.47. The molecule has 0 spiro atoms. The lowest BCUT2D eigenvalue weighted by Crippen LogP contribution is -2.52. The summed E-state index contributed by atoms with van der Waals surface area (Å²) in [6, 6.07) is 17.0. The molecule has 0 aliphatic carbocycles. The lowest BCUT2D eigenvalue weighted by atomic mass is 9.75. The van der Waals surface area contributed by atoms with Crippen molar-refractivity contribution in [2.75, 3.05) is 0 Å². The molecule has 2 aromatic rings. The monoisotopic (exact) mass is 401 g/mol. The molecule has 132 valence electrons. The van der Waals surface area contributed by atoms with E-state index in [9.17, 15) is 4.79 Å². The highest BCUT2D eigenvalue weighted by atomic mass is 79.9. The molecular formula is C21H24BrNO2. The molecule has 0 aliphatic rings. The number of ether oxygens (including phenoxy) is 1. The minimum absolute atomic E-state index is 0.433. The van der Waals surface area contributed by atoms with Crippen LogP contribution in [0, 0.1) is 0 Å². The Labute approximate surface area is 158 Å². The van der Waals surface area contributed by atoms with Gasteiger partial charge in [0.05, 0.1) is 0 Å². The Morgan fingerprint density at radius 2 is 1.68 bits per heavy atom. The summed E-state index contributed by atoms with van der Waals surface area (Å²) >= 11 is 3.43. The average molecular weight is 402 g/mol. The molecule has 0 saturated carbocycles. The lowest BCUT2D eigenvalue weighted by Gasteiger charge is -2.36. The molecule has 0 aliphatic heterocycles. The summed E-state index contributed by atoms with van der Waals surface area (Å²) in [5.41, 5.74) is 6.32. The van der Waals surface area contributed by atoms with Gasteiger partial charge >= 0.3 is 5.97 Å². The van der Waals surface area contributed by atoms with Gasteiger partial charge in [-0.05, 0) is 44.0 Å². The molecule has 3 nitrogen and oxygen atoms in total. The summed E-state index contributed by atoms with van der Waals surface area (Å²) < 4.78 is 6.62. The molecule has 0 heterocycles. The summed E-state index contributed by atoms with van der Waals surface area (Å²) in [6.45, 7) is 9.43. The van der Waals surface area contributed by atoms with Crippen molar-refractivity contribution in [3.05, 3.63) is 82.9 Å². The smallest absolute Gasteiger partial charge is 0.332 e. The molecule has 0 fully saturated rings. The number of esters is 1. The molecular weight excluding hydrogens is 378 g/mol. The first-order valence-corrected chi connectivity index (χ1v) is 8.93. The van der Waals surface area contributed by atoms with E-state index in [1.54, 1.807) is 6.08 Å². The first kappa shape index (κ1) is 19.4. The van der Waals surface area contributed by atoms with Gasteiger partial charge < -0.3 is 10.5 Å². The minimum atomic E-state index is -1.37. The number of nitrogens with two attached hydrogens (primary N) is 1. The Bertz CT molecular complexity index is 735. The molecule has 2 N–H and O–H groups in total. The quantitative estimate of drug-likeness (QED) is 0.571. The number of hydrogen-bond donors (Lipinski definition) is 1. The zero-order chi connectivity index (χ0) is 18.7. The van der Waals surface area contributed by atoms with Crippen molar-refractivity contribution in [1.82, 2.24) is 0 Å². The van der Waals surface area contributed by atoms with Crippen LogP contribution in [-0.2, 0) is 15.1 Å². The summed E-state index contributed by atoms with van der Waals surface area (Å²) in [6.07, 6.45) is 1.71. The van der Waals surface area contributed by atoms with Gasteiger partial charge in [0.1, 0.15) is 5.60 Å². The molecule has 0 saturated heterocycles. The van der Waals surface area contributed by atoms with Crippen LogP contribution < -0.4 is 5.73 Å². The highest BCUT2D eigenvalue weighted by Gasteiger charge is 2.46. The van der Waals surface area contributed by atoms with E-state index in [4.69, 9.17) is 10.5 Å². The molecule has 25 heavy (non-hydrogen) atoms. The topological polar surface area (TPSA) is 52.3 Å². The van der Waals surface area contributed by atoms with Crippen LogP contribution in [0.4, 0.5) is 0 Å². The second-order valence-electron chi connectivity index (χ2n) is 7.00. The normalized spacial score (nSPS) is 15.1. The molecule has 0 aromatic heterocycles. The van der Waals surface area contributed by atoms with E-state index in [0.29, 0.717) is 5.56 Å². The number of rotatable bonds is 5. The van der Waals surface area contributed by atoms with E-state index >= 15 is 0 Å². The van der Waals surface area contributed by atoms with E-state index in [1.807, 2.05) is 75.4 Å². The fraction of sp³-hybridized carbons (Fsp3) is 0.286. The number of hydrogen-bond acceptors (Lipinski definition) is 3. The summed E-state index contributed by atoms with van der Waals surface area (Å²) in [5, 5.41) is 0. The van der Waals surface area contributed by atoms with Crippen molar-refractivity contribution in [2.45, 2.75) is 37.8 Å². The Kier molecular flexibility index (Phi) is 5.86. The zero-order valence-electron chi connectivity index (χ0n) is 14.8. The van der Waals surface area contributed by atoms with Gasteiger partial charge in [0.15, 0.2) is 5.54 Å². The minimum Gasteiger partial charge on any atom is -0.458 e. The van der Waals surface area contributed by atoms with Crippen molar-refractivity contribution < 1.29 is 9.53 Å². The predicted octanol–water partition coefficient (Wildman–Crippen LogP) is 4.91. The van der Waals surface area contributed by atoms with Crippen LogP contribution in [0.15, 0.2) is 71.7 Å². The number of carbonyl (C=O) groups excluding carboxylic acids is 1. The number of benzene rings is 2. The van der Waals surface area contributed by atoms with Gasteiger partial charge in [-0.2, -0.15) is 0 Å². The van der Waals surface area contributed by atoms with Gasteiger partial charge in [0, 0.05) is 10.4 Å². The van der Waals surface area contributed by atoms with Crippen molar-refractivity contribution in [3.63, 3.8) is 0 Å². The maximum Gasteiger partial charge on any atom is 0.332 e. The van der Waals surface area contributed by atoms with Crippen LogP contribution in [0.2, 0.25) is 0 Å². The van der Waals surface area contributed by atoms with Gasteiger partial charge in [-0.1, -0.05) is 64.5 Å². The largest absolute Gasteiger partial charge is 0.458 e. The van der Waals surface area contributed by atoms with Gasteiger partial charge in [0.25, 0.3) is 0 Å². The van der Waals surface area contributed by atoms with E-state index < -0.39 is 23.0 Å². The first-order valence-electron chi connectivity index (χ1n) is 8.14. The third-order valence-electron chi connectivity index (χ3n) is 3.94. The summed E-state index contributed by atoms with van der Waals surface area (Å²) in [5.74, 6) is -0.906. The van der Waals surface area contributed by atoms with E-state index in [1.165, 1.54) is 0 Å². The Balaban J connectivity index is 2.58. The van der Waals surface area contributed by atoms with Crippen molar-refractivity contribution in [2.24, 2.45) is 5.73 Å². The van der Waals surface area contributed by atoms with Crippen molar-refractivity contribution in [3.8, 4) is 0 Å². The van der Waals surface area contributed by atoms with E-state index in [0.717, 1.165) is 10.0 Å². The lowest BCUT2D eigenvalue weighted by molar-refractivity contribution is -0.162. The zero-order valence-corrected chi connectivity index (χ0v) is 16.4. The Morgan fingerprint density at radius 3 is 2.16 bits per heavy atom. The van der Waals surface area contributed by atoms with Crippen LogP contribution in [0.5, 0.6) is 0 Å². The third kappa shape index (κ3) is 4.39. The molecule has 4 heteroatoms. The van der Waals surface area contributed by atoms with Crippen LogP contribution >= 0.6 is 15.9 Å². The number of halogens is 1. The molecule has 0 bridgehead atoms. The standard InChI is InChI=1S/C21H24BrNO2/c1-5-18(15-11-13-17(22)14-12-15)21(23,16-9-7-6-8-10-16)19(24)25-20(2,3)4/h5-14,18H,1,23H2,2-4H3/t18-,21+/m0/s1. The fourth-order valence-electron chi connectivity index (χ4n) is 2.76. The van der Waals surface area contributed by atoms with E-state index in [2.05, 4.69) is 22.5 Å². The molecule has 2 aromatic carbocycles. The van der Waals surface area contributed by atoms with Gasteiger partial charge in [-0.3, -0.25) is 0 Å². The van der Waals surface area contributed by atoms with Crippen molar-refractivity contribution >= 4 is 21.9 Å². The van der Waals surface area contributed by atoms with Crippen LogP contribution in [-0.4, -0.2) is 11.6 Å². The van der Waals surface area contributed by atoms with Crippen molar-refractivity contribution in [1.29, 1.82) is 0 Å². The molecule has 0 radical (unpaired) electrons. The highest BCUT2D eigenvalue weighted by Crippen LogP contribution is 2.38. The second-order valence-corrected chi connectivity index (χ2v) is 7.92. The van der Waals surface area contributed by atoms with Gasteiger partial charge in [-0.25, -0.2) is 4.79 Å². The van der Waals surface area contributed by atoms with Crippen LogP contribution in [0.25, 0.3) is 0 Å². The summed E-state index contributed by atoms with van der Waals surface area (Å²) in [7, 11) is 0. The van der Waals surface area contributed by atoms with E-state index in [-0.39, 0.29) is 0 Å². The maximum atomic E-state index is 13.1. The molecule has 0 amide bonds. The highest BCUT2D eigenvalue weighted by molar-refractivity contribution is 9.10. The number of carbonyl (C=O) groups is 1. The van der Waals surface area contributed by atoms with Gasteiger partial charge in [-0.15, -0.1) is 6.58 Å².